The molecule has 0 spiro atoms. The Labute approximate surface area is 170 Å². The van der Waals surface area contributed by atoms with Gasteiger partial charge in [-0.25, -0.2) is 9.18 Å². The lowest BCUT2D eigenvalue weighted by Crippen LogP contribution is -2.13. The first-order chi connectivity index (χ1) is 14.0. The fourth-order valence-corrected chi connectivity index (χ4v) is 4.05. The third-order valence-electron chi connectivity index (χ3n) is 4.48. The number of carbonyl (C=O) groups is 2. The summed E-state index contributed by atoms with van der Waals surface area (Å²) in [6.45, 7) is 2.02. The van der Waals surface area contributed by atoms with Gasteiger partial charge in [0.05, 0.1) is 12.2 Å². The van der Waals surface area contributed by atoms with Gasteiger partial charge in [-0.05, 0) is 30.7 Å². The molecule has 4 aromatic rings. The highest BCUT2D eigenvalue weighted by molar-refractivity contribution is 7.20. The number of ether oxygens (including phenoxy) is 1. The molecule has 7 heteroatoms. The molecule has 2 aromatic heterocycles. The van der Waals surface area contributed by atoms with Crippen molar-refractivity contribution in [2.45, 2.75) is 13.5 Å². The highest BCUT2D eigenvalue weighted by atomic mass is 32.1. The fourth-order valence-electron chi connectivity index (χ4n) is 2.99. The zero-order valence-electron chi connectivity index (χ0n) is 15.6. The van der Waals surface area contributed by atoms with Gasteiger partial charge >= 0.3 is 5.97 Å². The maximum atomic E-state index is 13.1. The summed E-state index contributed by atoms with van der Waals surface area (Å²) < 4.78 is 20.1. The summed E-state index contributed by atoms with van der Waals surface area (Å²) in [5.74, 6) is -1.08. The number of thiophene rings is 1. The molecule has 0 unspecified atom stereocenters. The molecule has 29 heavy (non-hydrogen) atoms. The van der Waals surface area contributed by atoms with Crippen LogP contribution in [-0.4, -0.2) is 28.1 Å². The van der Waals surface area contributed by atoms with Gasteiger partial charge in [0.15, 0.2) is 12.4 Å². The molecular weight excluding hydrogens is 391 g/mol. The maximum Gasteiger partial charge on any atom is 0.348 e. The second kappa shape index (κ2) is 7.97. The van der Waals surface area contributed by atoms with Crippen molar-refractivity contribution in [3.05, 3.63) is 88.2 Å². The molecule has 0 atom stereocenters. The largest absolute Gasteiger partial charge is 0.453 e. The van der Waals surface area contributed by atoms with E-state index in [2.05, 4.69) is 5.10 Å². The molecule has 146 valence electrons. The number of ketones is 1. The van der Waals surface area contributed by atoms with Crippen LogP contribution in [0.2, 0.25) is 0 Å². The summed E-state index contributed by atoms with van der Waals surface area (Å²) in [6, 6.07) is 16.7. The number of esters is 1. The van der Waals surface area contributed by atoms with Crippen molar-refractivity contribution < 1.29 is 18.7 Å². The van der Waals surface area contributed by atoms with Crippen LogP contribution in [0.5, 0.6) is 0 Å². The zero-order chi connectivity index (χ0) is 20.4. The summed E-state index contributed by atoms with van der Waals surface area (Å²) in [7, 11) is 0. The minimum Gasteiger partial charge on any atom is -0.453 e. The van der Waals surface area contributed by atoms with E-state index < -0.39 is 5.97 Å². The van der Waals surface area contributed by atoms with Crippen LogP contribution in [0.4, 0.5) is 4.39 Å². The zero-order valence-corrected chi connectivity index (χ0v) is 16.4. The van der Waals surface area contributed by atoms with E-state index in [0.717, 1.165) is 21.5 Å². The summed E-state index contributed by atoms with van der Waals surface area (Å²) in [6.07, 6.45) is 0. The second-order valence-electron chi connectivity index (χ2n) is 6.56. The van der Waals surface area contributed by atoms with Crippen molar-refractivity contribution in [1.29, 1.82) is 0 Å². The van der Waals surface area contributed by atoms with E-state index in [-0.39, 0.29) is 18.2 Å². The lowest BCUT2D eigenvalue weighted by molar-refractivity contribution is 0.0479. The van der Waals surface area contributed by atoms with Crippen LogP contribution in [0.1, 0.15) is 31.3 Å². The standard InChI is InChI=1S/C22H17FN2O3S/c1-14-18-11-20(22(27)28-13-19(26)16-5-3-2-4-6-16)29-21(18)25(24-14)12-15-7-9-17(23)10-8-15/h2-11H,12-13H2,1H3. The first-order valence-corrected chi connectivity index (χ1v) is 9.79. The number of hydrogen-bond acceptors (Lipinski definition) is 5. The van der Waals surface area contributed by atoms with Crippen LogP contribution in [0, 0.1) is 12.7 Å². The van der Waals surface area contributed by atoms with E-state index in [1.54, 1.807) is 47.1 Å². The van der Waals surface area contributed by atoms with Gasteiger partial charge in [-0.1, -0.05) is 42.5 Å². The maximum absolute atomic E-state index is 13.1. The third-order valence-corrected chi connectivity index (χ3v) is 5.61. The number of Topliss-reactive ketones (excluding diaryl/α,β-unsaturated/α-hetero) is 1. The van der Waals surface area contributed by atoms with Gasteiger partial charge in [0.25, 0.3) is 0 Å². The monoisotopic (exact) mass is 408 g/mol. The Morgan fingerprint density at radius 3 is 2.55 bits per heavy atom. The lowest BCUT2D eigenvalue weighted by Gasteiger charge is -2.04. The number of hydrogen-bond donors (Lipinski definition) is 0. The highest BCUT2D eigenvalue weighted by Gasteiger charge is 2.18. The summed E-state index contributed by atoms with van der Waals surface area (Å²) in [5, 5.41) is 5.37. The average Bonchev–Trinajstić information content (AvgIpc) is 3.30. The van der Waals surface area contributed by atoms with E-state index in [9.17, 15) is 14.0 Å². The molecule has 5 nitrogen and oxygen atoms in total. The van der Waals surface area contributed by atoms with Crippen LogP contribution < -0.4 is 0 Å². The molecule has 0 N–H and O–H groups in total. The number of fused-ring (bicyclic) bond motifs is 1. The Morgan fingerprint density at radius 2 is 1.83 bits per heavy atom. The number of aryl methyl sites for hydroxylation is 1. The molecule has 0 fully saturated rings. The van der Waals surface area contributed by atoms with Gasteiger partial charge in [0, 0.05) is 10.9 Å². The number of aromatic nitrogens is 2. The summed E-state index contributed by atoms with van der Waals surface area (Å²) >= 11 is 1.26. The molecule has 0 aliphatic heterocycles. The molecule has 4 rings (SSSR count). The Hall–Kier alpha value is -3.32. The number of nitrogens with zero attached hydrogens (tertiary/aromatic N) is 2. The van der Waals surface area contributed by atoms with E-state index in [4.69, 9.17) is 4.74 Å². The van der Waals surface area contributed by atoms with Gasteiger partial charge in [0.1, 0.15) is 15.5 Å². The highest BCUT2D eigenvalue weighted by Crippen LogP contribution is 2.29. The van der Waals surface area contributed by atoms with Crippen LogP contribution >= 0.6 is 11.3 Å². The van der Waals surface area contributed by atoms with Gasteiger partial charge in [0.2, 0.25) is 0 Å². The van der Waals surface area contributed by atoms with E-state index in [1.165, 1.54) is 23.5 Å². The SMILES string of the molecule is Cc1nn(Cc2ccc(F)cc2)c2sc(C(=O)OCC(=O)c3ccccc3)cc12. The minimum atomic E-state index is -0.539. The minimum absolute atomic E-state index is 0.251. The molecule has 0 radical (unpaired) electrons. The van der Waals surface area contributed by atoms with Crippen molar-refractivity contribution in [3.63, 3.8) is 0 Å². The van der Waals surface area contributed by atoms with Crippen LogP contribution in [0.3, 0.4) is 0 Å². The number of carbonyl (C=O) groups excluding carboxylic acids is 2. The third kappa shape index (κ3) is 4.09. The second-order valence-corrected chi connectivity index (χ2v) is 7.59. The first-order valence-electron chi connectivity index (χ1n) is 8.98. The molecular formula is C22H17FN2O3S. The Kier molecular flexibility index (Phi) is 5.22. The van der Waals surface area contributed by atoms with E-state index in [1.807, 2.05) is 13.0 Å². The quantitative estimate of drug-likeness (QED) is 0.345. The van der Waals surface area contributed by atoms with Crippen molar-refractivity contribution in [2.24, 2.45) is 0 Å². The van der Waals surface area contributed by atoms with Gasteiger partial charge in [-0.3, -0.25) is 9.48 Å². The topological polar surface area (TPSA) is 61.2 Å². The number of benzene rings is 2. The molecule has 2 heterocycles. The normalized spacial score (nSPS) is 11.0. The average molecular weight is 408 g/mol. The van der Waals surface area contributed by atoms with Crippen LogP contribution in [0.25, 0.3) is 10.2 Å². The molecule has 0 saturated heterocycles. The predicted octanol–water partition coefficient (Wildman–Crippen LogP) is 4.63. The van der Waals surface area contributed by atoms with E-state index >= 15 is 0 Å². The van der Waals surface area contributed by atoms with Crippen molar-refractivity contribution in [2.75, 3.05) is 6.61 Å². The predicted molar refractivity (Wildman–Crippen MR) is 109 cm³/mol. The van der Waals surface area contributed by atoms with Gasteiger partial charge in [-0.15, -0.1) is 11.3 Å². The molecule has 0 amide bonds. The van der Waals surface area contributed by atoms with Crippen molar-refractivity contribution >= 4 is 33.3 Å². The van der Waals surface area contributed by atoms with Crippen molar-refractivity contribution in [3.8, 4) is 0 Å². The first kappa shape index (κ1) is 19.0. The van der Waals surface area contributed by atoms with Crippen molar-refractivity contribution in [1.82, 2.24) is 9.78 Å². The van der Waals surface area contributed by atoms with E-state index in [0.29, 0.717) is 17.0 Å². The summed E-state index contributed by atoms with van der Waals surface area (Å²) in [4.78, 5) is 25.8. The van der Waals surface area contributed by atoms with Crippen LogP contribution in [-0.2, 0) is 11.3 Å². The molecule has 0 bridgehead atoms. The molecule has 0 saturated carbocycles. The number of rotatable bonds is 6. The molecule has 0 aliphatic rings. The lowest BCUT2D eigenvalue weighted by atomic mass is 10.1. The fraction of sp³-hybridized carbons (Fsp3) is 0.136. The smallest absolute Gasteiger partial charge is 0.348 e. The molecule has 2 aromatic carbocycles. The van der Waals surface area contributed by atoms with Gasteiger partial charge < -0.3 is 4.74 Å². The summed E-state index contributed by atoms with van der Waals surface area (Å²) in [5.41, 5.74) is 2.20. The number of halogens is 1. The Morgan fingerprint density at radius 1 is 1.10 bits per heavy atom. The Bertz CT molecular complexity index is 1180. The Balaban J connectivity index is 1.50. The molecule has 0 aliphatic carbocycles. The van der Waals surface area contributed by atoms with Gasteiger partial charge in [-0.2, -0.15) is 5.10 Å². The van der Waals surface area contributed by atoms with Crippen LogP contribution in [0.15, 0.2) is 60.7 Å².